The average Bonchev–Trinajstić information content (AvgIpc) is 2.70. The van der Waals surface area contributed by atoms with Crippen molar-refractivity contribution in [3.63, 3.8) is 0 Å². The Labute approximate surface area is 180 Å². The molecule has 0 bridgehead atoms. The Morgan fingerprint density at radius 3 is 2.43 bits per heavy atom. The molecular weight excluding hydrogens is 402 g/mol. The zero-order valence-corrected chi connectivity index (χ0v) is 18.0. The van der Waals surface area contributed by atoms with Gasteiger partial charge in [0.15, 0.2) is 0 Å². The van der Waals surface area contributed by atoms with Crippen molar-refractivity contribution in [2.45, 2.75) is 33.7 Å². The van der Waals surface area contributed by atoms with E-state index in [-0.39, 0.29) is 31.0 Å². The summed E-state index contributed by atoms with van der Waals surface area (Å²) < 4.78 is 1.34. The summed E-state index contributed by atoms with van der Waals surface area (Å²) in [4.78, 5) is 30.5. The third-order valence-electron chi connectivity index (χ3n) is 5.03. The molecule has 7 heteroatoms. The number of aliphatic hydroxyl groups excluding tert-OH is 1. The summed E-state index contributed by atoms with van der Waals surface area (Å²) in [6, 6.07) is 12.6. The van der Waals surface area contributed by atoms with E-state index in [2.05, 4.69) is 10.3 Å². The van der Waals surface area contributed by atoms with Crippen molar-refractivity contribution in [2.24, 2.45) is 0 Å². The SMILES string of the molecule is Cc1ccc(NC(=O)Cn2c(-c3ccc(Cl)cc3)nc(C)c(CCO)c2=O)cc1C. The molecule has 0 aliphatic rings. The summed E-state index contributed by atoms with van der Waals surface area (Å²) in [6.07, 6.45) is 0.178. The van der Waals surface area contributed by atoms with Crippen LogP contribution in [0.25, 0.3) is 11.4 Å². The zero-order valence-electron chi connectivity index (χ0n) is 17.2. The Morgan fingerprint density at radius 1 is 1.10 bits per heavy atom. The van der Waals surface area contributed by atoms with Gasteiger partial charge in [-0.1, -0.05) is 17.7 Å². The number of aromatic nitrogens is 2. The molecule has 0 aliphatic heterocycles. The Hall–Kier alpha value is -2.96. The monoisotopic (exact) mass is 425 g/mol. The van der Waals surface area contributed by atoms with Gasteiger partial charge in [0.05, 0.1) is 0 Å². The number of hydrogen-bond acceptors (Lipinski definition) is 4. The fourth-order valence-corrected chi connectivity index (χ4v) is 3.36. The Kier molecular flexibility index (Phi) is 6.70. The van der Waals surface area contributed by atoms with Crippen molar-refractivity contribution in [2.75, 3.05) is 11.9 Å². The van der Waals surface area contributed by atoms with E-state index >= 15 is 0 Å². The summed E-state index contributed by atoms with van der Waals surface area (Å²) in [5.74, 6) is 0.0438. The highest BCUT2D eigenvalue weighted by atomic mass is 35.5. The molecule has 0 fully saturated rings. The second-order valence-electron chi connectivity index (χ2n) is 7.22. The van der Waals surface area contributed by atoms with Gasteiger partial charge in [-0.15, -0.1) is 0 Å². The summed E-state index contributed by atoms with van der Waals surface area (Å²) in [7, 11) is 0. The second-order valence-corrected chi connectivity index (χ2v) is 7.65. The number of rotatable bonds is 6. The minimum absolute atomic E-state index is 0.174. The maximum Gasteiger partial charge on any atom is 0.257 e. The highest BCUT2D eigenvalue weighted by Gasteiger charge is 2.18. The van der Waals surface area contributed by atoms with Gasteiger partial charge < -0.3 is 10.4 Å². The first kappa shape index (κ1) is 21.7. The number of nitrogens with zero attached hydrogens (tertiary/aromatic N) is 2. The zero-order chi connectivity index (χ0) is 21.8. The van der Waals surface area contributed by atoms with E-state index in [9.17, 15) is 14.7 Å². The van der Waals surface area contributed by atoms with Crippen LogP contribution in [0.5, 0.6) is 0 Å². The lowest BCUT2D eigenvalue weighted by Gasteiger charge is -2.16. The molecule has 3 rings (SSSR count). The molecule has 2 aromatic carbocycles. The Bertz CT molecular complexity index is 1140. The number of nitrogens with one attached hydrogen (secondary N) is 1. The molecule has 0 aliphatic carbocycles. The topological polar surface area (TPSA) is 84.2 Å². The van der Waals surface area contributed by atoms with Crippen LogP contribution in [0.3, 0.4) is 0 Å². The smallest absolute Gasteiger partial charge is 0.257 e. The number of carbonyl (C=O) groups excluding carboxylic acids is 1. The molecule has 1 amide bonds. The first-order chi connectivity index (χ1) is 14.3. The minimum atomic E-state index is -0.337. The van der Waals surface area contributed by atoms with Crippen molar-refractivity contribution >= 4 is 23.2 Å². The van der Waals surface area contributed by atoms with Crippen LogP contribution >= 0.6 is 11.6 Å². The fraction of sp³-hybridized carbons (Fsp3) is 0.261. The second kappa shape index (κ2) is 9.24. The lowest BCUT2D eigenvalue weighted by atomic mass is 10.1. The highest BCUT2D eigenvalue weighted by molar-refractivity contribution is 6.30. The molecule has 156 valence electrons. The number of carbonyl (C=O) groups is 1. The van der Waals surface area contributed by atoms with E-state index in [1.165, 1.54) is 4.57 Å². The van der Waals surface area contributed by atoms with Crippen molar-refractivity contribution in [3.8, 4) is 11.4 Å². The summed E-state index contributed by atoms with van der Waals surface area (Å²) >= 11 is 5.99. The predicted molar refractivity (Wildman–Crippen MR) is 119 cm³/mol. The minimum Gasteiger partial charge on any atom is -0.396 e. The molecule has 0 saturated carbocycles. The third-order valence-corrected chi connectivity index (χ3v) is 5.28. The van der Waals surface area contributed by atoms with Crippen LogP contribution in [0.2, 0.25) is 5.02 Å². The molecule has 3 aromatic rings. The van der Waals surface area contributed by atoms with E-state index < -0.39 is 0 Å². The number of aryl methyl sites for hydroxylation is 3. The van der Waals surface area contributed by atoms with Crippen molar-refractivity contribution in [1.29, 1.82) is 0 Å². The molecule has 1 aromatic heterocycles. The molecular formula is C23H24ClN3O3. The van der Waals surface area contributed by atoms with Crippen LogP contribution in [0.4, 0.5) is 5.69 Å². The lowest BCUT2D eigenvalue weighted by molar-refractivity contribution is -0.116. The van der Waals surface area contributed by atoms with Gasteiger partial charge in [0.2, 0.25) is 5.91 Å². The fourth-order valence-electron chi connectivity index (χ4n) is 3.23. The normalized spacial score (nSPS) is 10.8. The quantitative estimate of drug-likeness (QED) is 0.631. The molecule has 1 heterocycles. The lowest BCUT2D eigenvalue weighted by Crippen LogP contribution is -2.33. The van der Waals surface area contributed by atoms with Crippen molar-refractivity contribution in [1.82, 2.24) is 9.55 Å². The average molecular weight is 426 g/mol. The summed E-state index contributed by atoms with van der Waals surface area (Å²) in [5, 5.41) is 12.7. The maximum absolute atomic E-state index is 13.1. The molecule has 0 atom stereocenters. The van der Waals surface area contributed by atoms with Gasteiger partial charge in [-0.25, -0.2) is 4.98 Å². The van der Waals surface area contributed by atoms with Crippen molar-refractivity contribution in [3.05, 3.63) is 80.2 Å². The number of hydrogen-bond donors (Lipinski definition) is 2. The van der Waals surface area contributed by atoms with E-state index in [1.807, 2.05) is 32.0 Å². The molecule has 2 N–H and O–H groups in total. The van der Waals surface area contributed by atoms with Gasteiger partial charge in [-0.05, 0) is 68.3 Å². The number of aliphatic hydroxyl groups is 1. The van der Waals surface area contributed by atoms with Crippen LogP contribution < -0.4 is 10.9 Å². The number of amides is 1. The molecule has 0 spiro atoms. The number of halogens is 1. The van der Waals surface area contributed by atoms with Crippen LogP contribution in [0, 0.1) is 20.8 Å². The van der Waals surface area contributed by atoms with Crippen LogP contribution in [-0.2, 0) is 17.8 Å². The third kappa shape index (κ3) is 4.78. The van der Waals surface area contributed by atoms with E-state index in [0.29, 0.717) is 33.4 Å². The van der Waals surface area contributed by atoms with E-state index in [1.54, 1.807) is 31.2 Å². The van der Waals surface area contributed by atoms with Crippen LogP contribution in [0.15, 0.2) is 47.3 Å². The maximum atomic E-state index is 13.1. The first-order valence-corrected chi connectivity index (χ1v) is 10.0. The molecule has 6 nitrogen and oxygen atoms in total. The summed E-state index contributed by atoms with van der Waals surface area (Å²) in [5.41, 5.74) is 4.13. The van der Waals surface area contributed by atoms with E-state index in [4.69, 9.17) is 11.6 Å². The Balaban J connectivity index is 2.01. The van der Waals surface area contributed by atoms with Gasteiger partial charge in [-0.2, -0.15) is 0 Å². The van der Waals surface area contributed by atoms with Gasteiger partial charge >= 0.3 is 0 Å². The molecule has 30 heavy (non-hydrogen) atoms. The molecule has 0 radical (unpaired) electrons. The Morgan fingerprint density at radius 2 is 1.80 bits per heavy atom. The highest BCUT2D eigenvalue weighted by Crippen LogP contribution is 2.21. The summed E-state index contributed by atoms with van der Waals surface area (Å²) in [6.45, 7) is 5.33. The standard InChI is InChI=1S/C23H24ClN3O3/c1-14-4-9-19(12-15(14)2)26-21(29)13-27-22(17-5-7-18(24)8-6-17)25-16(3)20(10-11-28)23(27)30/h4-9,12,28H,10-11,13H2,1-3H3,(H,26,29). The number of benzene rings is 2. The van der Waals surface area contributed by atoms with Crippen LogP contribution in [0.1, 0.15) is 22.4 Å². The molecule has 0 saturated heterocycles. The van der Waals surface area contributed by atoms with Gasteiger partial charge in [0.25, 0.3) is 5.56 Å². The van der Waals surface area contributed by atoms with Gasteiger partial charge in [0, 0.05) is 40.6 Å². The largest absolute Gasteiger partial charge is 0.396 e. The molecule has 0 unspecified atom stereocenters. The van der Waals surface area contributed by atoms with E-state index in [0.717, 1.165) is 11.1 Å². The van der Waals surface area contributed by atoms with Gasteiger partial charge in [0.1, 0.15) is 12.4 Å². The first-order valence-electron chi connectivity index (χ1n) is 9.64. The van der Waals surface area contributed by atoms with Crippen molar-refractivity contribution < 1.29 is 9.90 Å². The van der Waals surface area contributed by atoms with Crippen LogP contribution in [-0.4, -0.2) is 27.2 Å². The number of anilines is 1. The van der Waals surface area contributed by atoms with Gasteiger partial charge in [-0.3, -0.25) is 14.2 Å². The predicted octanol–water partition coefficient (Wildman–Crippen LogP) is 3.66.